The predicted molar refractivity (Wildman–Crippen MR) is 54.9 cm³/mol. The monoisotopic (exact) mass is 180 g/mol. The van der Waals surface area contributed by atoms with E-state index in [0.29, 0.717) is 0 Å². The van der Waals surface area contributed by atoms with Crippen LogP contribution >= 0.6 is 0 Å². The van der Waals surface area contributed by atoms with Gasteiger partial charge in [-0.15, -0.1) is 0 Å². The van der Waals surface area contributed by atoms with E-state index < -0.39 is 0 Å². The van der Waals surface area contributed by atoms with Gasteiger partial charge in [-0.2, -0.15) is 0 Å². The Hall–Kier alpha value is -0.900. The van der Waals surface area contributed by atoms with Crippen molar-refractivity contribution in [2.45, 2.75) is 13.3 Å². The van der Waals surface area contributed by atoms with Crippen molar-refractivity contribution in [3.8, 4) is 0 Å². The molecule has 0 aliphatic carbocycles. The molecule has 0 radical (unpaired) electrons. The van der Waals surface area contributed by atoms with Gasteiger partial charge >= 0.3 is 0 Å². The molecule has 0 amide bonds. The van der Waals surface area contributed by atoms with Gasteiger partial charge < -0.3 is 5.84 Å². The van der Waals surface area contributed by atoms with Gasteiger partial charge in [0.15, 0.2) is 5.69 Å². The molecule has 0 saturated heterocycles. The minimum atomic E-state index is -0.288. The second-order valence-corrected chi connectivity index (χ2v) is 3.13. The molecular weight excluding hydrogens is 164 g/mol. The summed E-state index contributed by atoms with van der Waals surface area (Å²) in [6, 6.07) is 7.91. The van der Waals surface area contributed by atoms with Crippen LogP contribution in [0.5, 0.6) is 0 Å². The Morgan fingerprint density at radius 3 is 2.23 bits per heavy atom. The van der Waals surface area contributed by atoms with Crippen LogP contribution in [0.25, 0.3) is 5.84 Å². The highest BCUT2D eigenvalue weighted by Gasteiger charge is 2.12. The van der Waals surface area contributed by atoms with E-state index in [1.807, 2.05) is 24.3 Å². The molecule has 13 heavy (non-hydrogen) atoms. The van der Waals surface area contributed by atoms with E-state index in [0.717, 1.165) is 12.1 Å². The molecule has 1 aromatic rings. The van der Waals surface area contributed by atoms with Gasteiger partial charge in [0.25, 0.3) is 0 Å². The fourth-order valence-corrected chi connectivity index (χ4v) is 1.12. The van der Waals surface area contributed by atoms with E-state index in [2.05, 4.69) is 6.92 Å². The highest BCUT2D eigenvalue weighted by atomic mass is 16.7. The van der Waals surface area contributed by atoms with Gasteiger partial charge in [-0.25, -0.2) is 9.59 Å². The molecule has 0 bridgehead atoms. The second-order valence-electron chi connectivity index (χ2n) is 3.13. The minimum Gasteiger partial charge on any atom is -0.427 e. The molecule has 3 heteroatoms. The Morgan fingerprint density at radius 2 is 1.85 bits per heavy atom. The average molecular weight is 180 g/mol. The SMILES string of the molecule is CCc1ccc([N+](C)([NH-])OC)cc1. The molecule has 0 fully saturated rings. The summed E-state index contributed by atoms with van der Waals surface area (Å²) < 4.78 is -0.288. The van der Waals surface area contributed by atoms with E-state index in [9.17, 15) is 0 Å². The van der Waals surface area contributed by atoms with E-state index in [4.69, 9.17) is 10.7 Å². The number of benzene rings is 1. The number of hydroxylamine groups is 1. The number of rotatable bonds is 3. The topological polar surface area (TPSA) is 33.0 Å². The third kappa shape index (κ3) is 2.28. The van der Waals surface area contributed by atoms with Gasteiger partial charge in [0.05, 0.1) is 14.2 Å². The maximum absolute atomic E-state index is 7.76. The molecule has 72 valence electrons. The summed E-state index contributed by atoms with van der Waals surface area (Å²) in [4.78, 5) is 5.00. The molecular formula is C10H16N2O. The lowest BCUT2D eigenvalue weighted by Crippen LogP contribution is -2.34. The maximum atomic E-state index is 7.76. The highest BCUT2D eigenvalue weighted by Crippen LogP contribution is 2.21. The van der Waals surface area contributed by atoms with Crippen LogP contribution < -0.4 is 4.76 Å². The minimum absolute atomic E-state index is 0.288. The summed E-state index contributed by atoms with van der Waals surface area (Å²) in [5, 5.41) is 0. The molecule has 1 aromatic carbocycles. The average Bonchev–Trinajstić information content (AvgIpc) is 2.18. The largest absolute Gasteiger partial charge is 0.427 e. The highest BCUT2D eigenvalue weighted by molar-refractivity contribution is 5.42. The molecule has 0 aliphatic rings. The van der Waals surface area contributed by atoms with Gasteiger partial charge in [-0.1, -0.05) is 19.1 Å². The zero-order chi connectivity index (χ0) is 9.90. The van der Waals surface area contributed by atoms with Crippen molar-refractivity contribution in [1.82, 2.24) is 4.76 Å². The predicted octanol–water partition coefficient (Wildman–Crippen LogP) is 2.71. The molecule has 3 nitrogen and oxygen atoms in total. The van der Waals surface area contributed by atoms with Gasteiger partial charge in [-0.3, -0.25) is 0 Å². The van der Waals surface area contributed by atoms with E-state index in [1.54, 1.807) is 7.05 Å². The fourth-order valence-electron chi connectivity index (χ4n) is 1.12. The Bertz CT molecular complexity index is 267. The molecule has 0 spiro atoms. The van der Waals surface area contributed by atoms with Crippen LogP contribution in [-0.2, 0) is 11.3 Å². The van der Waals surface area contributed by atoms with Crippen LogP contribution in [-0.4, -0.2) is 14.2 Å². The summed E-state index contributed by atoms with van der Waals surface area (Å²) in [5.41, 5.74) is 2.11. The third-order valence-corrected chi connectivity index (χ3v) is 2.20. The molecule has 1 unspecified atom stereocenters. The van der Waals surface area contributed by atoms with Crippen molar-refractivity contribution in [1.29, 1.82) is 0 Å². The van der Waals surface area contributed by atoms with Crippen molar-refractivity contribution in [2.24, 2.45) is 0 Å². The Labute approximate surface area is 79.2 Å². The van der Waals surface area contributed by atoms with Crippen LogP contribution in [0.15, 0.2) is 24.3 Å². The van der Waals surface area contributed by atoms with Crippen LogP contribution in [0.1, 0.15) is 12.5 Å². The van der Waals surface area contributed by atoms with Crippen LogP contribution in [0.3, 0.4) is 0 Å². The number of nitrogens with one attached hydrogen (secondary N) is 1. The van der Waals surface area contributed by atoms with Gasteiger partial charge in [0.1, 0.15) is 0 Å². The molecule has 0 saturated carbocycles. The zero-order valence-electron chi connectivity index (χ0n) is 8.37. The molecule has 1 N–H and O–H groups in total. The van der Waals surface area contributed by atoms with Gasteiger partial charge in [0, 0.05) is 12.1 Å². The second kappa shape index (κ2) is 3.87. The van der Waals surface area contributed by atoms with Crippen LogP contribution in [0, 0.1) is 0 Å². The Morgan fingerprint density at radius 1 is 1.31 bits per heavy atom. The summed E-state index contributed by atoms with van der Waals surface area (Å²) in [6.45, 7) is 2.11. The standard InChI is InChI=1S/C10H16N2O/c1-4-9-5-7-10(8-6-9)12(2,11)13-3/h5-8,11H,4H2,1-3H3. The zero-order valence-corrected chi connectivity index (χ0v) is 8.37. The van der Waals surface area contributed by atoms with Crippen molar-refractivity contribution in [2.75, 3.05) is 14.2 Å². The molecule has 0 aromatic heterocycles. The lowest BCUT2D eigenvalue weighted by atomic mass is 10.1. The Kier molecular flexibility index (Phi) is 3.03. The maximum Gasteiger partial charge on any atom is 0.155 e. The molecule has 1 rings (SSSR count). The summed E-state index contributed by atoms with van der Waals surface area (Å²) in [6.07, 6.45) is 1.02. The number of aryl methyl sites for hydroxylation is 1. The Balaban J connectivity index is 2.92. The number of quaternary nitrogens is 1. The quantitative estimate of drug-likeness (QED) is 0.520. The lowest BCUT2D eigenvalue weighted by Gasteiger charge is -2.32. The summed E-state index contributed by atoms with van der Waals surface area (Å²) in [5.74, 6) is 7.76. The number of hydrogen-bond donors (Lipinski definition) is 0. The van der Waals surface area contributed by atoms with Crippen LogP contribution in [0.2, 0.25) is 0 Å². The van der Waals surface area contributed by atoms with Crippen molar-refractivity contribution >= 4 is 5.69 Å². The molecule has 1 atom stereocenters. The number of nitrogens with zero attached hydrogens (tertiary/aromatic N) is 1. The first-order valence-corrected chi connectivity index (χ1v) is 4.37. The summed E-state index contributed by atoms with van der Waals surface area (Å²) in [7, 11) is 3.21. The molecule has 0 heterocycles. The van der Waals surface area contributed by atoms with Crippen molar-refractivity contribution in [3.05, 3.63) is 35.7 Å². The first-order chi connectivity index (χ1) is 6.10. The normalized spacial score (nSPS) is 15.4. The third-order valence-electron chi connectivity index (χ3n) is 2.20. The van der Waals surface area contributed by atoms with Crippen molar-refractivity contribution in [3.63, 3.8) is 0 Å². The first-order valence-electron chi connectivity index (χ1n) is 4.37. The lowest BCUT2D eigenvalue weighted by molar-refractivity contribution is -0.0559. The van der Waals surface area contributed by atoms with Gasteiger partial charge in [0.2, 0.25) is 0 Å². The van der Waals surface area contributed by atoms with E-state index in [1.165, 1.54) is 12.7 Å². The first kappa shape index (κ1) is 10.2. The molecule has 0 aliphatic heterocycles. The number of hydrogen-bond acceptors (Lipinski definition) is 1. The van der Waals surface area contributed by atoms with E-state index >= 15 is 0 Å². The van der Waals surface area contributed by atoms with Crippen molar-refractivity contribution < 1.29 is 4.84 Å². The summed E-state index contributed by atoms with van der Waals surface area (Å²) >= 11 is 0. The van der Waals surface area contributed by atoms with E-state index in [-0.39, 0.29) is 4.76 Å². The smallest absolute Gasteiger partial charge is 0.155 e. The van der Waals surface area contributed by atoms with Gasteiger partial charge in [-0.05, 0) is 12.0 Å². The van der Waals surface area contributed by atoms with Crippen LogP contribution in [0.4, 0.5) is 5.69 Å². The fraction of sp³-hybridized carbons (Fsp3) is 0.400.